The molecule has 0 fully saturated rings. The monoisotopic (exact) mass is 209 g/mol. The first-order chi connectivity index (χ1) is 6.84. The minimum atomic E-state index is -0.385. The summed E-state index contributed by atoms with van der Waals surface area (Å²) in [6.45, 7) is 3.27. The second kappa shape index (κ2) is 6.61. The molecule has 2 N–H and O–H groups in total. The van der Waals surface area contributed by atoms with Crippen molar-refractivity contribution in [1.29, 1.82) is 0 Å². The van der Waals surface area contributed by atoms with E-state index < -0.39 is 0 Å². The lowest BCUT2D eigenvalue weighted by Gasteiger charge is -2.08. The maximum atomic E-state index is 9.68. The van der Waals surface area contributed by atoms with Crippen LogP contribution >= 0.6 is 11.3 Å². The summed E-state index contributed by atoms with van der Waals surface area (Å²) in [5, 5.41) is 14.8. The molecule has 3 heteroatoms. The van der Waals surface area contributed by atoms with Gasteiger partial charge in [0.1, 0.15) is 6.10 Å². The first-order valence-corrected chi connectivity index (χ1v) is 5.54. The fourth-order valence-electron chi connectivity index (χ4n) is 1.10. The van der Waals surface area contributed by atoms with Crippen LogP contribution in [-0.4, -0.2) is 18.2 Å². The van der Waals surface area contributed by atoms with Gasteiger partial charge in [0.25, 0.3) is 0 Å². The minimum absolute atomic E-state index is 0.385. The van der Waals surface area contributed by atoms with Gasteiger partial charge in [0.2, 0.25) is 0 Å². The van der Waals surface area contributed by atoms with Gasteiger partial charge in [-0.3, -0.25) is 0 Å². The maximum absolute atomic E-state index is 9.68. The van der Waals surface area contributed by atoms with Crippen LogP contribution in [0.1, 0.15) is 24.3 Å². The number of thiophene rings is 1. The third-order valence-corrected chi connectivity index (χ3v) is 2.79. The van der Waals surface area contributed by atoms with E-state index in [0.29, 0.717) is 6.54 Å². The molecular formula is C11H15NOS. The average molecular weight is 209 g/mol. The van der Waals surface area contributed by atoms with Gasteiger partial charge < -0.3 is 10.4 Å². The van der Waals surface area contributed by atoms with Gasteiger partial charge >= 0.3 is 0 Å². The zero-order chi connectivity index (χ0) is 10.2. The fraction of sp³-hybridized carbons (Fsp3) is 0.455. The Balaban J connectivity index is 2.15. The first kappa shape index (κ1) is 11.3. The molecule has 0 saturated carbocycles. The predicted molar refractivity (Wildman–Crippen MR) is 60.2 cm³/mol. The normalized spacial score (nSPS) is 11.9. The summed E-state index contributed by atoms with van der Waals surface area (Å²) in [5.41, 5.74) is 0. The second-order valence-corrected chi connectivity index (χ2v) is 3.89. The largest absolute Gasteiger partial charge is 0.386 e. The maximum Gasteiger partial charge on any atom is 0.101 e. The van der Waals surface area contributed by atoms with Gasteiger partial charge in [-0.25, -0.2) is 0 Å². The zero-order valence-corrected chi connectivity index (χ0v) is 9.10. The van der Waals surface area contributed by atoms with E-state index in [0.717, 1.165) is 17.8 Å². The Morgan fingerprint density at radius 3 is 3.14 bits per heavy atom. The van der Waals surface area contributed by atoms with Crippen molar-refractivity contribution in [3.63, 3.8) is 0 Å². The lowest BCUT2D eigenvalue weighted by molar-refractivity contribution is 0.179. The van der Waals surface area contributed by atoms with Gasteiger partial charge in [-0.05, 0) is 18.4 Å². The van der Waals surface area contributed by atoms with Crippen molar-refractivity contribution in [2.75, 3.05) is 13.1 Å². The fourth-order valence-corrected chi connectivity index (χ4v) is 1.81. The second-order valence-electron chi connectivity index (χ2n) is 2.91. The molecule has 1 atom stereocenters. The molecule has 0 bridgehead atoms. The van der Waals surface area contributed by atoms with Crippen LogP contribution in [0, 0.1) is 11.8 Å². The molecule has 0 aliphatic rings. The standard InChI is InChI=1S/C11H15NOS/c1-2-3-4-7-12-9-10(13)11-6-5-8-14-11/h5-6,8,10,12-13H,4,7,9H2,1H3. The van der Waals surface area contributed by atoms with Crippen molar-refractivity contribution in [3.05, 3.63) is 22.4 Å². The lowest BCUT2D eigenvalue weighted by atomic mass is 10.3. The number of hydrogen-bond donors (Lipinski definition) is 2. The highest BCUT2D eigenvalue weighted by atomic mass is 32.1. The topological polar surface area (TPSA) is 32.3 Å². The minimum Gasteiger partial charge on any atom is -0.386 e. The molecule has 0 aromatic carbocycles. The van der Waals surface area contributed by atoms with Crippen molar-refractivity contribution in [1.82, 2.24) is 5.32 Å². The molecule has 1 aromatic rings. The molecular weight excluding hydrogens is 194 g/mol. The Morgan fingerprint density at radius 2 is 2.50 bits per heavy atom. The Bertz CT molecular complexity index is 297. The quantitative estimate of drug-likeness (QED) is 0.572. The number of hydrogen-bond acceptors (Lipinski definition) is 3. The molecule has 0 radical (unpaired) electrons. The van der Waals surface area contributed by atoms with E-state index >= 15 is 0 Å². The highest BCUT2D eigenvalue weighted by molar-refractivity contribution is 7.10. The molecule has 2 nitrogen and oxygen atoms in total. The van der Waals surface area contributed by atoms with Crippen LogP contribution in [0.4, 0.5) is 0 Å². The molecule has 14 heavy (non-hydrogen) atoms. The van der Waals surface area contributed by atoms with Gasteiger partial charge in [0.15, 0.2) is 0 Å². The van der Waals surface area contributed by atoms with Crippen molar-refractivity contribution in [2.24, 2.45) is 0 Å². The van der Waals surface area contributed by atoms with Gasteiger partial charge in [-0.2, -0.15) is 0 Å². The summed E-state index contributed by atoms with van der Waals surface area (Å²) in [5.74, 6) is 5.80. The van der Waals surface area contributed by atoms with Crippen LogP contribution in [0.5, 0.6) is 0 Å². The van der Waals surface area contributed by atoms with Crippen molar-refractivity contribution >= 4 is 11.3 Å². The Kier molecular flexibility index (Phi) is 5.31. The number of nitrogens with one attached hydrogen (secondary N) is 1. The van der Waals surface area contributed by atoms with E-state index in [1.165, 1.54) is 0 Å². The molecule has 1 heterocycles. The van der Waals surface area contributed by atoms with Crippen LogP contribution in [-0.2, 0) is 0 Å². The number of aliphatic hydroxyl groups excluding tert-OH is 1. The molecule has 0 amide bonds. The third-order valence-electron chi connectivity index (χ3n) is 1.81. The molecule has 1 aromatic heterocycles. The molecule has 0 aliphatic carbocycles. The summed E-state index contributed by atoms with van der Waals surface area (Å²) < 4.78 is 0. The van der Waals surface area contributed by atoms with Crippen LogP contribution in [0.15, 0.2) is 17.5 Å². The van der Waals surface area contributed by atoms with Crippen molar-refractivity contribution in [2.45, 2.75) is 19.4 Å². The average Bonchev–Trinajstić information content (AvgIpc) is 2.70. The molecule has 0 saturated heterocycles. The van der Waals surface area contributed by atoms with E-state index in [1.807, 2.05) is 24.4 Å². The van der Waals surface area contributed by atoms with Crippen molar-refractivity contribution in [3.8, 4) is 11.8 Å². The summed E-state index contributed by atoms with van der Waals surface area (Å²) in [6, 6.07) is 3.90. The predicted octanol–water partition coefficient (Wildman–Crippen LogP) is 1.78. The van der Waals surface area contributed by atoms with E-state index in [2.05, 4.69) is 17.2 Å². The Morgan fingerprint density at radius 1 is 1.64 bits per heavy atom. The van der Waals surface area contributed by atoms with Crippen LogP contribution in [0.3, 0.4) is 0 Å². The summed E-state index contributed by atoms with van der Waals surface area (Å²) in [7, 11) is 0. The molecule has 76 valence electrons. The van der Waals surface area contributed by atoms with E-state index in [1.54, 1.807) is 11.3 Å². The van der Waals surface area contributed by atoms with Gasteiger partial charge in [0.05, 0.1) is 0 Å². The highest BCUT2D eigenvalue weighted by Gasteiger charge is 2.06. The first-order valence-electron chi connectivity index (χ1n) is 4.66. The summed E-state index contributed by atoms with van der Waals surface area (Å²) in [4.78, 5) is 1.01. The van der Waals surface area contributed by atoms with Gasteiger partial charge in [0, 0.05) is 24.4 Å². The molecule has 0 spiro atoms. The molecule has 1 unspecified atom stereocenters. The van der Waals surface area contributed by atoms with Crippen LogP contribution < -0.4 is 5.32 Å². The third kappa shape index (κ3) is 3.93. The summed E-state index contributed by atoms with van der Waals surface area (Å²) >= 11 is 1.58. The van der Waals surface area contributed by atoms with Crippen LogP contribution in [0.2, 0.25) is 0 Å². The number of rotatable bonds is 5. The van der Waals surface area contributed by atoms with E-state index in [-0.39, 0.29) is 6.10 Å². The highest BCUT2D eigenvalue weighted by Crippen LogP contribution is 2.17. The number of aliphatic hydroxyl groups is 1. The SMILES string of the molecule is CC#CCCNCC(O)c1cccs1. The summed E-state index contributed by atoms with van der Waals surface area (Å²) in [6.07, 6.45) is 0.456. The van der Waals surface area contributed by atoms with Crippen LogP contribution in [0.25, 0.3) is 0 Å². The Labute approximate surface area is 89.0 Å². The lowest BCUT2D eigenvalue weighted by Crippen LogP contribution is -2.21. The Hall–Kier alpha value is -0.820. The molecule has 0 aliphatic heterocycles. The van der Waals surface area contributed by atoms with E-state index in [4.69, 9.17) is 0 Å². The smallest absolute Gasteiger partial charge is 0.101 e. The van der Waals surface area contributed by atoms with Gasteiger partial charge in [-0.1, -0.05) is 6.07 Å². The molecule has 1 rings (SSSR count). The zero-order valence-electron chi connectivity index (χ0n) is 8.29. The van der Waals surface area contributed by atoms with Gasteiger partial charge in [-0.15, -0.1) is 23.2 Å². The van der Waals surface area contributed by atoms with E-state index in [9.17, 15) is 5.11 Å². The van der Waals surface area contributed by atoms with Crippen molar-refractivity contribution < 1.29 is 5.11 Å².